The number of carboxylic acid groups (broad SMARTS) is 1. The number of hydrogen-bond donors (Lipinski definition) is 1. The molecule has 0 aliphatic carbocycles. The molecule has 0 spiro atoms. The summed E-state index contributed by atoms with van der Waals surface area (Å²) in [6.45, 7) is 5.38. The highest BCUT2D eigenvalue weighted by Crippen LogP contribution is 2.18. The lowest BCUT2D eigenvalue weighted by Crippen LogP contribution is -2.46. The molecule has 0 unspecified atom stereocenters. The summed E-state index contributed by atoms with van der Waals surface area (Å²) in [7, 11) is 0. The van der Waals surface area contributed by atoms with E-state index in [9.17, 15) is 4.79 Å². The third-order valence-corrected chi connectivity index (χ3v) is 4.89. The lowest BCUT2D eigenvalue weighted by atomic mass is 10.0. The average molecular weight is 358 g/mol. The van der Waals surface area contributed by atoms with Crippen molar-refractivity contribution in [2.24, 2.45) is 0 Å². The largest absolute Gasteiger partial charge is 0.480 e. The van der Waals surface area contributed by atoms with Crippen molar-refractivity contribution in [1.82, 2.24) is 19.9 Å². The molecule has 7 heteroatoms. The molecule has 1 fully saturated rings. The summed E-state index contributed by atoms with van der Waals surface area (Å²) >= 11 is 0. The summed E-state index contributed by atoms with van der Waals surface area (Å²) < 4.78 is 5.40. The Hall–Kier alpha value is -2.25. The molecule has 1 saturated heterocycles. The predicted octanol–water partition coefficient (Wildman–Crippen LogP) is 2.03. The van der Waals surface area contributed by atoms with Crippen LogP contribution in [0, 0.1) is 0 Å². The van der Waals surface area contributed by atoms with Crippen LogP contribution in [0.2, 0.25) is 0 Å². The van der Waals surface area contributed by atoms with Crippen LogP contribution in [0.5, 0.6) is 0 Å². The topological polar surface area (TPSA) is 82.7 Å². The fourth-order valence-corrected chi connectivity index (χ4v) is 3.51. The Morgan fingerprint density at radius 2 is 2.04 bits per heavy atom. The molecular weight excluding hydrogens is 332 g/mol. The second-order valence-electron chi connectivity index (χ2n) is 6.73. The quantitative estimate of drug-likeness (QED) is 0.773. The molecule has 2 heterocycles. The normalized spacial score (nSPS) is 16.2. The minimum Gasteiger partial charge on any atom is -0.480 e. The van der Waals surface area contributed by atoms with E-state index in [0.29, 0.717) is 30.7 Å². The van der Waals surface area contributed by atoms with Crippen LogP contribution in [-0.2, 0) is 17.8 Å². The first kappa shape index (κ1) is 18.5. The molecule has 140 valence electrons. The van der Waals surface area contributed by atoms with Gasteiger partial charge in [0, 0.05) is 25.6 Å². The van der Waals surface area contributed by atoms with Crippen molar-refractivity contribution in [3.05, 3.63) is 47.6 Å². The van der Waals surface area contributed by atoms with Crippen LogP contribution in [0.1, 0.15) is 37.0 Å². The average Bonchev–Trinajstić information content (AvgIpc) is 3.08. The smallest absolute Gasteiger partial charge is 0.317 e. The Bertz CT molecular complexity index is 696. The van der Waals surface area contributed by atoms with Gasteiger partial charge in [0.2, 0.25) is 5.89 Å². The zero-order valence-corrected chi connectivity index (χ0v) is 15.2. The Kier molecular flexibility index (Phi) is 6.35. The number of aromatic nitrogens is 2. The third-order valence-electron chi connectivity index (χ3n) is 4.89. The lowest BCUT2D eigenvalue weighted by molar-refractivity contribution is -0.139. The second-order valence-corrected chi connectivity index (χ2v) is 6.73. The molecule has 7 nitrogen and oxygen atoms in total. The molecule has 2 aromatic rings. The number of rotatable bonds is 8. The van der Waals surface area contributed by atoms with Crippen molar-refractivity contribution < 1.29 is 14.4 Å². The molecule has 3 rings (SSSR count). The maximum Gasteiger partial charge on any atom is 0.317 e. The SMILES string of the molecule is CCN(CC(=O)O)C1CCN(Cc2nc(Cc3ccccc3)no2)CC1. The Morgan fingerprint density at radius 3 is 2.69 bits per heavy atom. The van der Waals surface area contributed by atoms with Crippen LogP contribution in [-0.4, -0.2) is 63.2 Å². The van der Waals surface area contributed by atoms with E-state index >= 15 is 0 Å². The molecule has 1 aliphatic rings. The predicted molar refractivity (Wildman–Crippen MR) is 96.7 cm³/mol. The fourth-order valence-electron chi connectivity index (χ4n) is 3.51. The van der Waals surface area contributed by atoms with Crippen molar-refractivity contribution in [3.63, 3.8) is 0 Å². The van der Waals surface area contributed by atoms with E-state index in [-0.39, 0.29) is 6.54 Å². The minimum absolute atomic E-state index is 0.119. The molecule has 1 aromatic heterocycles. The number of carbonyl (C=O) groups is 1. The number of hydrogen-bond acceptors (Lipinski definition) is 6. The van der Waals surface area contributed by atoms with Crippen LogP contribution in [0.4, 0.5) is 0 Å². The molecule has 1 aliphatic heterocycles. The molecule has 0 amide bonds. The molecule has 1 N–H and O–H groups in total. The van der Waals surface area contributed by atoms with E-state index in [1.54, 1.807) is 0 Å². The molecule has 1 aromatic carbocycles. The van der Waals surface area contributed by atoms with Crippen LogP contribution >= 0.6 is 0 Å². The zero-order valence-electron chi connectivity index (χ0n) is 15.2. The van der Waals surface area contributed by atoms with Gasteiger partial charge in [-0.15, -0.1) is 0 Å². The molecule has 0 radical (unpaired) electrons. The van der Waals surface area contributed by atoms with E-state index < -0.39 is 5.97 Å². The zero-order chi connectivity index (χ0) is 18.4. The van der Waals surface area contributed by atoms with Gasteiger partial charge in [0.1, 0.15) is 0 Å². The van der Waals surface area contributed by atoms with Gasteiger partial charge in [-0.2, -0.15) is 4.98 Å². The van der Waals surface area contributed by atoms with Crippen molar-refractivity contribution in [1.29, 1.82) is 0 Å². The van der Waals surface area contributed by atoms with Crippen LogP contribution in [0.3, 0.4) is 0 Å². The highest BCUT2D eigenvalue weighted by molar-refractivity contribution is 5.69. The summed E-state index contributed by atoms with van der Waals surface area (Å²) in [5.74, 6) is 0.595. The van der Waals surface area contributed by atoms with Gasteiger partial charge in [-0.05, 0) is 24.9 Å². The third kappa shape index (κ3) is 5.12. The van der Waals surface area contributed by atoms with Gasteiger partial charge in [0.05, 0.1) is 13.1 Å². The van der Waals surface area contributed by atoms with Gasteiger partial charge < -0.3 is 9.63 Å². The van der Waals surface area contributed by atoms with Gasteiger partial charge in [0.15, 0.2) is 5.82 Å². The Balaban J connectivity index is 1.48. The number of aliphatic carboxylic acids is 1. The van der Waals surface area contributed by atoms with Crippen molar-refractivity contribution in [2.75, 3.05) is 26.2 Å². The van der Waals surface area contributed by atoms with Gasteiger partial charge in [0.25, 0.3) is 0 Å². The fraction of sp³-hybridized carbons (Fsp3) is 0.526. The first-order chi connectivity index (χ1) is 12.6. The molecule has 26 heavy (non-hydrogen) atoms. The Morgan fingerprint density at radius 1 is 1.31 bits per heavy atom. The van der Waals surface area contributed by atoms with Crippen LogP contribution < -0.4 is 0 Å². The van der Waals surface area contributed by atoms with E-state index in [1.807, 2.05) is 30.0 Å². The van der Waals surface area contributed by atoms with Gasteiger partial charge in [-0.1, -0.05) is 42.4 Å². The van der Waals surface area contributed by atoms with Crippen molar-refractivity contribution in [2.45, 2.75) is 38.8 Å². The van der Waals surface area contributed by atoms with Gasteiger partial charge >= 0.3 is 5.97 Å². The van der Waals surface area contributed by atoms with Crippen LogP contribution in [0.25, 0.3) is 0 Å². The van der Waals surface area contributed by atoms with E-state index in [1.165, 1.54) is 5.56 Å². The highest BCUT2D eigenvalue weighted by atomic mass is 16.5. The Labute approximate surface area is 153 Å². The molecule has 0 saturated carbocycles. The van der Waals surface area contributed by atoms with Crippen molar-refractivity contribution >= 4 is 5.97 Å². The van der Waals surface area contributed by atoms with Gasteiger partial charge in [-0.3, -0.25) is 14.6 Å². The van der Waals surface area contributed by atoms with Gasteiger partial charge in [-0.25, -0.2) is 0 Å². The van der Waals surface area contributed by atoms with Crippen molar-refractivity contribution in [3.8, 4) is 0 Å². The second kappa shape index (κ2) is 8.91. The first-order valence-electron chi connectivity index (χ1n) is 9.17. The number of likely N-dealkylation sites (N-methyl/N-ethyl adjacent to an activating group) is 1. The number of benzene rings is 1. The number of carboxylic acids is 1. The summed E-state index contributed by atoms with van der Waals surface area (Å²) in [6, 6.07) is 10.4. The number of piperidine rings is 1. The number of likely N-dealkylation sites (tertiary alicyclic amines) is 1. The monoisotopic (exact) mass is 358 g/mol. The maximum absolute atomic E-state index is 11.0. The lowest BCUT2D eigenvalue weighted by Gasteiger charge is -2.36. The first-order valence-corrected chi connectivity index (χ1v) is 9.17. The number of nitrogens with zero attached hydrogens (tertiary/aromatic N) is 4. The highest BCUT2D eigenvalue weighted by Gasteiger charge is 2.25. The minimum atomic E-state index is -0.758. The maximum atomic E-state index is 11.0. The summed E-state index contributed by atoms with van der Waals surface area (Å²) in [5, 5.41) is 13.1. The summed E-state index contributed by atoms with van der Waals surface area (Å²) in [4.78, 5) is 19.8. The summed E-state index contributed by atoms with van der Waals surface area (Å²) in [5.41, 5.74) is 1.17. The van der Waals surface area contributed by atoms with E-state index in [0.717, 1.165) is 32.5 Å². The van der Waals surface area contributed by atoms with E-state index in [2.05, 4.69) is 27.2 Å². The molecule has 0 bridgehead atoms. The standard InChI is InChI=1S/C19H26N4O3/c1-2-23(14-19(24)25)16-8-10-22(11-9-16)13-18-20-17(21-26-18)12-15-6-4-3-5-7-15/h3-7,16H,2,8-14H2,1H3,(H,24,25). The summed E-state index contributed by atoms with van der Waals surface area (Å²) in [6.07, 6.45) is 2.60. The molecular formula is C19H26N4O3. The van der Waals surface area contributed by atoms with E-state index in [4.69, 9.17) is 9.63 Å². The van der Waals surface area contributed by atoms with Crippen LogP contribution in [0.15, 0.2) is 34.9 Å². The molecule has 0 atom stereocenters.